The lowest BCUT2D eigenvalue weighted by molar-refractivity contribution is -0.0630. The third-order valence-electron chi connectivity index (χ3n) is 4.53. The van der Waals surface area contributed by atoms with Gasteiger partial charge in [-0.1, -0.05) is 29.8 Å². The number of benzene rings is 2. The highest BCUT2D eigenvalue weighted by Crippen LogP contribution is 2.42. The van der Waals surface area contributed by atoms with Gasteiger partial charge in [0.15, 0.2) is 5.78 Å². The maximum Gasteiger partial charge on any atom is 0.251 e. The Bertz CT molecular complexity index is 878. The molecular weight excluding hydrogens is 354 g/mol. The minimum absolute atomic E-state index is 0.144. The van der Waals surface area contributed by atoms with E-state index >= 15 is 0 Å². The minimum Gasteiger partial charge on any atom is -0.484 e. The molecular formula is C20H20ClNO4. The third kappa shape index (κ3) is 3.32. The number of hydrogen-bond acceptors (Lipinski definition) is 4. The van der Waals surface area contributed by atoms with Crippen molar-refractivity contribution >= 4 is 23.3 Å². The first-order chi connectivity index (χ1) is 12.2. The van der Waals surface area contributed by atoms with E-state index in [0.29, 0.717) is 27.5 Å². The summed E-state index contributed by atoms with van der Waals surface area (Å²) in [7, 11) is 0. The summed E-state index contributed by atoms with van der Waals surface area (Å²) in [6, 6.07) is 11.0. The summed E-state index contributed by atoms with van der Waals surface area (Å²) in [5.41, 5.74) is 0.396. The van der Waals surface area contributed by atoms with Crippen LogP contribution in [0.25, 0.3) is 0 Å². The van der Waals surface area contributed by atoms with Gasteiger partial charge in [-0.2, -0.15) is 0 Å². The number of aliphatic hydroxyl groups excluding tert-OH is 1. The van der Waals surface area contributed by atoms with Gasteiger partial charge in [0, 0.05) is 16.1 Å². The maximum absolute atomic E-state index is 12.7. The van der Waals surface area contributed by atoms with E-state index in [1.807, 2.05) is 0 Å². The number of ketones is 1. The molecule has 0 radical (unpaired) electrons. The predicted octanol–water partition coefficient (Wildman–Crippen LogP) is 3.55. The van der Waals surface area contributed by atoms with Crippen LogP contribution in [0, 0.1) is 0 Å². The molecule has 2 atom stereocenters. The van der Waals surface area contributed by atoms with E-state index in [9.17, 15) is 14.7 Å². The number of aliphatic hydroxyl groups is 1. The highest BCUT2D eigenvalue weighted by molar-refractivity contribution is 6.30. The monoisotopic (exact) mass is 373 g/mol. The molecule has 0 spiro atoms. The van der Waals surface area contributed by atoms with Crippen LogP contribution in [0.5, 0.6) is 5.75 Å². The number of carbonyl (C=O) groups excluding carboxylic acids is 2. The van der Waals surface area contributed by atoms with Crippen molar-refractivity contribution in [2.24, 2.45) is 0 Å². The highest BCUT2D eigenvalue weighted by atomic mass is 35.5. The molecule has 1 heterocycles. The Morgan fingerprint density at radius 3 is 2.54 bits per heavy atom. The first kappa shape index (κ1) is 18.4. The number of halogens is 1. The van der Waals surface area contributed by atoms with Crippen molar-refractivity contribution in [1.29, 1.82) is 0 Å². The molecule has 0 aromatic heterocycles. The molecule has 2 aromatic rings. The maximum atomic E-state index is 12.7. The van der Waals surface area contributed by atoms with Crippen molar-refractivity contribution in [3.63, 3.8) is 0 Å². The van der Waals surface area contributed by atoms with E-state index in [1.54, 1.807) is 56.3 Å². The number of ether oxygens (including phenoxy) is 1. The fraction of sp³-hybridized carbons (Fsp3) is 0.300. The average molecular weight is 374 g/mol. The van der Waals surface area contributed by atoms with Gasteiger partial charge < -0.3 is 15.2 Å². The summed E-state index contributed by atoms with van der Waals surface area (Å²) in [6.07, 6.45) is -1.000. The molecule has 1 aliphatic rings. The van der Waals surface area contributed by atoms with Gasteiger partial charge in [0.1, 0.15) is 17.5 Å². The first-order valence-corrected chi connectivity index (χ1v) is 8.66. The van der Waals surface area contributed by atoms with Gasteiger partial charge in [0.05, 0.1) is 11.6 Å². The number of hydrogen-bond donors (Lipinski definition) is 2. The molecule has 26 heavy (non-hydrogen) atoms. The molecule has 2 aromatic carbocycles. The van der Waals surface area contributed by atoms with Crippen LogP contribution >= 0.6 is 11.6 Å². The Morgan fingerprint density at radius 1 is 1.19 bits per heavy atom. The van der Waals surface area contributed by atoms with Crippen LogP contribution in [0.15, 0.2) is 42.5 Å². The van der Waals surface area contributed by atoms with Gasteiger partial charge in [0.2, 0.25) is 0 Å². The van der Waals surface area contributed by atoms with Crippen LogP contribution in [-0.2, 0) is 0 Å². The summed E-state index contributed by atoms with van der Waals surface area (Å²) in [5.74, 6) is -0.117. The van der Waals surface area contributed by atoms with Crippen LogP contribution in [-0.4, -0.2) is 28.5 Å². The molecule has 1 amide bonds. The third-order valence-corrected chi connectivity index (χ3v) is 4.76. The van der Waals surface area contributed by atoms with Crippen molar-refractivity contribution in [3.05, 3.63) is 64.2 Å². The summed E-state index contributed by atoms with van der Waals surface area (Å²) < 4.78 is 5.92. The standard InChI is InChI=1S/C20H20ClNO4/c1-11(23)14-8-5-9-15-16(18(24)20(2,3)26-17(14)15)22-19(25)12-6-4-7-13(21)10-12/h4-10,16,18,24H,1-3H3,(H,22,25). The van der Waals surface area contributed by atoms with E-state index < -0.39 is 17.7 Å². The molecule has 2 unspecified atom stereocenters. The number of para-hydroxylation sites is 1. The molecule has 1 aliphatic heterocycles. The van der Waals surface area contributed by atoms with Crippen LogP contribution in [0.1, 0.15) is 53.1 Å². The number of Topliss-reactive ketones (excluding diaryl/α,β-unsaturated/α-hetero) is 1. The summed E-state index contributed by atoms with van der Waals surface area (Å²) >= 11 is 5.96. The predicted molar refractivity (Wildman–Crippen MR) is 98.8 cm³/mol. The fourth-order valence-corrected chi connectivity index (χ4v) is 3.29. The number of nitrogens with one attached hydrogen (secondary N) is 1. The van der Waals surface area contributed by atoms with Gasteiger partial charge in [-0.05, 0) is 45.0 Å². The molecule has 136 valence electrons. The number of fused-ring (bicyclic) bond motifs is 1. The Labute approximate surface area is 156 Å². The lowest BCUT2D eigenvalue weighted by atomic mass is 9.85. The van der Waals surface area contributed by atoms with Gasteiger partial charge in [-0.15, -0.1) is 0 Å². The van der Waals surface area contributed by atoms with E-state index in [2.05, 4.69) is 5.32 Å². The Kier molecular flexibility index (Phi) is 4.78. The van der Waals surface area contributed by atoms with Crippen LogP contribution in [0.3, 0.4) is 0 Å². The van der Waals surface area contributed by atoms with Crippen LogP contribution in [0.4, 0.5) is 0 Å². The Hall–Kier alpha value is -2.37. The molecule has 0 aliphatic carbocycles. The van der Waals surface area contributed by atoms with Crippen molar-refractivity contribution in [3.8, 4) is 5.75 Å². The normalized spacial score (nSPS) is 20.7. The van der Waals surface area contributed by atoms with E-state index in [4.69, 9.17) is 16.3 Å². The molecule has 0 bridgehead atoms. The van der Waals surface area contributed by atoms with Crippen LogP contribution in [0.2, 0.25) is 5.02 Å². The van der Waals surface area contributed by atoms with Crippen molar-refractivity contribution < 1.29 is 19.4 Å². The molecule has 0 fully saturated rings. The molecule has 6 heteroatoms. The largest absolute Gasteiger partial charge is 0.484 e. The van der Waals surface area contributed by atoms with E-state index in [1.165, 1.54) is 6.92 Å². The minimum atomic E-state index is -1.000. The van der Waals surface area contributed by atoms with E-state index in [-0.39, 0.29) is 11.7 Å². The lowest BCUT2D eigenvalue weighted by Crippen LogP contribution is -2.53. The zero-order valence-electron chi connectivity index (χ0n) is 14.7. The fourth-order valence-electron chi connectivity index (χ4n) is 3.10. The molecule has 0 saturated carbocycles. The zero-order valence-corrected chi connectivity index (χ0v) is 15.5. The second-order valence-corrected chi connectivity index (χ2v) is 7.33. The van der Waals surface area contributed by atoms with Gasteiger partial charge >= 0.3 is 0 Å². The molecule has 3 rings (SSSR count). The topological polar surface area (TPSA) is 75.6 Å². The zero-order chi connectivity index (χ0) is 19.1. The van der Waals surface area contributed by atoms with Crippen molar-refractivity contribution in [1.82, 2.24) is 5.32 Å². The first-order valence-electron chi connectivity index (χ1n) is 8.28. The molecule has 2 N–H and O–H groups in total. The smallest absolute Gasteiger partial charge is 0.251 e. The number of amides is 1. The Morgan fingerprint density at radius 2 is 1.88 bits per heavy atom. The average Bonchev–Trinajstić information content (AvgIpc) is 2.58. The van der Waals surface area contributed by atoms with Gasteiger partial charge in [0.25, 0.3) is 5.91 Å². The summed E-state index contributed by atoms with van der Waals surface area (Å²) in [4.78, 5) is 24.6. The van der Waals surface area contributed by atoms with E-state index in [0.717, 1.165) is 0 Å². The molecule has 5 nitrogen and oxygen atoms in total. The lowest BCUT2D eigenvalue weighted by Gasteiger charge is -2.42. The van der Waals surface area contributed by atoms with Gasteiger partial charge in [-0.3, -0.25) is 9.59 Å². The SMILES string of the molecule is CC(=O)c1cccc2c1OC(C)(C)C(O)C2NC(=O)c1cccc(Cl)c1. The second kappa shape index (κ2) is 6.74. The number of rotatable bonds is 3. The Balaban J connectivity index is 2.02. The van der Waals surface area contributed by atoms with Crippen LogP contribution < -0.4 is 10.1 Å². The van der Waals surface area contributed by atoms with Gasteiger partial charge in [-0.25, -0.2) is 0 Å². The highest BCUT2D eigenvalue weighted by Gasteiger charge is 2.44. The number of carbonyl (C=O) groups is 2. The summed E-state index contributed by atoms with van der Waals surface area (Å²) in [5, 5.41) is 14.1. The van der Waals surface area contributed by atoms with Crippen molar-refractivity contribution in [2.45, 2.75) is 38.5 Å². The van der Waals surface area contributed by atoms with Crippen molar-refractivity contribution in [2.75, 3.05) is 0 Å². The quantitative estimate of drug-likeness (QED) is 0.807. The summed E-state index contributed by atoms with van der Waals surface area (Å²) in [6.45, 7) is 4.89. The second-order valence-electron chi connectivity index (χ2n) is 6.89. The molecule has 0 saturated heterocycles.